The molecule has 2 heterocycles. The first kappa shape index (κ1) is 11.4. The largest absolute Gasteiger partial charge is 0.481 e. The molecule has 90 valence electrons. The van der Waals surface area contributed by atoms with Crippen LogP contribution in [0.15, 0.2) is 12.3 Å². The summed E-state index contributed by atoms with van der Waals surface area (Å²) in [7, 11) is 0. The molecule has 0 fully saturated rings. The van der Waals surface area contributed by atoms with Crippen molar-refractivity contribution in [2.24, 2.45) is 0 Å². The average Bonchev–Trinajstić information content (AvgIpc) is 2.59. The topological polar surface area (TPSA) is 76.7 Å². The quantitative estimate of drug-likeness (QED) is 0.857. The van der Waals surface area contributed by atoms with Gasteiger partial charge in [0.05, 0.1) is 18.7 Å². The van der Waals surface area contributed by atoms with E-state index in [1.807, 2.05) is 13.8 Å². The molecule has 0 unspecified atom stereocenters. The Hall–Kier alpha value is -2.11. The fourth-order valence-electron chi connectivity index (χ4n) is 1.60. The van der Waals surface area contributed by atoms with E-state index in [2.05, 4.69) is 9.97 Å². The Morgan fingerprint density at radius 3 is 2.94 bits per heavy atom. The molecule has 0 radical (unpaired) electrons. The molecule has 0 atom stereocenters. The molecule has 0 aliphatic carbocycles. The SMILES string of the molecule is CCOc1cc(C)nc2nc(CC(=O)O)cn12. The lowest BCUT2D eigenvalue weighted by Gasteiger charge is -2.05. The highest BCUT2D eigenvalue weighted by molar-refractivity contribution is 5.69. The van der Waals surface area contributed by atoms with E-state index in [4.69, 9.17) is 9.84 Å². The fourth-order valence-corrected chi connectivity index (χ4v) is 1.60. The third-order valence-corrected chi connectivity index (χ3v) is 2.21. The summed E-state index contributed by atoms with van der Waals surface area (Å²) >= 11 is 0. The van der Waals surface area contributed by atoms with Gasteiger partial charge in [-0.3, -0.25) is 9.20 Å². The summed E-state index contributed by atoms with van der Waals surface area (Å²) < 4.78 is 7.12. The van der Waals surface area contributed by atoms with Crippen molar-refractivity contribution in [3.05, 3.63) is 23.7 Å². The van der Waals surface area contributed by atoms with Crippen LogP contribution in [0.25, 0.3) is 5.78 Å². The predicted molar refractivity (Wildman–Crippen MR) is 60.2 cm³/mol. The lowest BCUT2D eigenvalue weighted by atomic mass is 10.3. The minimum absolute atomic E-state index is 0.117. The van der Waals surface area contributed by atoms with E-state index in [1.54, 1.807) is 16.7 Å². The van der Waals surface area contributed by atoms with Crippen molar-refractivity contribution < 1.29 is 14.6 Å². The molecular formula is C11H13N3O3. The highest BCUT2D eigenvalue weighted by atomic mass is 16.5. The molecule has 2 rings (SSSR count). The number of ether oxygens (including phenoxy) is 1. The van der Waals surface area contributed by atoms with Crippen LogP contribution in [0.3, 0.4) is 0 Å². The molecule has 6 nitrogen and oxygen atoms in total. The first-order valence-electron chi connectivity index (χ1n) is 5.30. The Balaban J connectivity index is 2.50. The number of imidazole rings is 1. The zero-order valence-corrected chi connectivity index (χ0v) is 9.67. The van der Waals surface area contributed by atoms with Crippen LogP contribution >= 0.6 is 0 Å². The number of rotatable bonds is 4. The van der Waals surface area contributed by atoms with Gasteiger partial charge < -0.3 is 9.84 Å². The zero-order chi connectivity index (χ0) is 12.4. The number of aromatic nitrogens is 3. The van der Waals surface area contributed by atoms with Crippen LogP contribution in [0.5, 0.6) is 5.88 Å². The van der Waals surface area contributed by atoms with Crippen molar-refractivity contribution in [3.8, 4) is 5.88 Å². The first-order chi connectivity index (χ1) is 8.10. The van der Waals surface area contributed by atoms with Gasteiger partial charge in [0.15, 0.2) is 0 Å². The van der Waals surface area contributed by atoms with Crippen molar-refractivity contribution in [2.45, 2.75) is 20.3 Å². The number of fused-ring (bicyclic) bond motifs is 1. The van der Waals surface area contributed by atoms with Gasteiger partial charge in [0.2, 0.25) is 11.7 Å². The van der Waals surface area contributed by atoms with Crippen LogP contribution in [0.2, 0.25) is 0 Å². The van der Waals surface area contributed by atoms with Gasteiger partial charge in [-0.05, 0) is 13.8 Å². The highest BCUT2D eigenvalue weighted by Crippen LogP contribution is 2.16. The number of carbonyl (C=O) groups is 1. The standard InChI is InChI=1S/C11H13N3O3/c1-3-17-9-4-7(2)12-11-13-8(5-10(15)16)6-14(9)11/h4,6H,3,5H2,1-2H3,(H,15,16). The van der Waals surface area contributed by atoms with Gasteiger partial charge in [-0.25, -0.2) is 9.97 Å². The van der Waals surface area contributed by atoms with Gasteiger partial charge in [-0.1, -0.05) is 0 Å². The maximum absolute atomic E-state index is 10.6. The first-order valence-corrected chi connectivity index (χ1v) is 5.30. The maximum Gasteiger partial charge on any atom is 0.309 e. The van der Waals surface area contributed by atoms with Crippen LogP contribution in [0.4, 0.5) is 0 Å². The molecule has 0 spiro atoms. The van der Waals surface area contributed by atoms with Crippen LogP contribution < -0.4 is 4.74 Å². The Kier molecular flexibility index (Phi) is 2.95. The average molecular weight is 235 g/mol. The van der Waals surface area contributed by atoms with Crippen molar-refractivity contribution in [3.63, 3.8) is 0 Å². The molecule has 0 bridgehead atoms. The molecule has 0 saturated carbocycles. The van der Waals surface area contributed by atoms with E-state index < -0.39 is 5.97 Å². The zero-order valence-electron chi connectivity index (χ0n) is 9.67. The Morgan fingerprint density at radius 2 is 2.29 bits per heavy atom. The van der Waals surface area contributed by atoms with E-state index in [0.29, 0.717) is 24.0 Å². The Labute approximate surface area is 97.9 Å². The highest BCUT2D eigenvalue weighted by Gasteiger charge is 2.10. The molecule has 0 saturated heterocycles. The van der Waals surface area contributed by atoms with Crippen molar-refractivity contribution in [1.29, 1.82) is 0 Å². The third kappa shape index (κ3) is 2.35. The number of hydrogen-bond donors (Lipinski definition) is 1. The van der Waals surface area contributed by atoms with Crippen LogP contribution in [-0.4, -0.2) is 32.1 Å². The summed E-state index contributed by atoms with van der Waals surface area (Å²) in [4.78, 5) is 19.0. The molecule has 17 heavy (non-hydrogen) atoms. The number of aliphatic carboxylic acids is 1. The number of nitrogens with zero attached hydrogens (tertiary/aromatic N) is 3. The number of hydrogen-bond acceptors (Lipinski definition) is 4. The van der Waals surface area contributed by atoms with Gasteiger partial charge >= 0.3 is 5.97 Å². The smallest absolute Gasteiger partial charge is 0.309 e. The molecular weight excluding hydrogens is 222 g/mol. The predicted octanol–water partition coefficient (Wildman–Crippen LogP) is 1.06. The number of carboxylic acid groups (broad SMARTS) is 1. The molecule has 1 N–H and O–H groups in total. The lowest BCUT2D eigenvalue weighted by Crippen LogP contribution is -2.00. The summed E-state index contributed by atoms with van der Waals surface area (Å²) in [6.45, 7) is 4.26. The maximum atomic E-state index is 10.6. The second-order valence-electron chi connectivity index (χ2n) is 3.64. The van der Waals surface area contributed by atoms with Crippen LogP contribution in [-0.2, 0) is 11.2 Å². The van der Waals surface area contributed by atoms with Crippen LogP contribution in [0.1, 0.15) is 18.3 Å². The van der Waals surface area contributed by atoms with Gasteiger partial charge in [-0.2, -0.15) is 0 Å². The minimum atomic E-state index is -0.914. The molecule has 0 amide bonds. The normalized spacial score (nSPS) is 10.7. The lowest BCUT2D eigenvalue weighted by molar-refractivity contribution is -0.136. The van der Waals surface area contributed by atoms with Crippen LogP contribution in [0, 0.1) is 6.92 Å². The van der Waals surface area contributed by atoms with Gasteiger partial charge in [0.1, 0.15) is 0 Å². The van der Waals surface area contributed by atoms with Gasteiger partial charge in [0, 0.05) is 18.0 Å². The van der Waals surface area contributed by atoms with E-state index >= 15 is 0 Å². The second kappa shape index (κ2) is 4.40. The fraction of sp³-hybridized carbons (Fsp3) is 0.364. The summed E-state index contributed by atoms with van der Waals surface area (Å²) in [5, 5.41) is 8.72. The van der Waals surface area contributed by atoms with Crippen molar-refractivity contribution in [1.82, 2.24) is 14.4 Å². The van der Waals surface area contributed by atoms with E-state index in [9.17, 15) is 4.79 Å². The summed E-state index contributed by atoms with van der Waals surface area (Å²) in [6, 6.07) is 1.79. The van der Waals surface area contributed by atoms with Gasteiger partial charge in [-0.15, -0.1) is 0 Å². The van der Waals surface area contributed by atoms with Crippen molar-refractivity contribution >= 4 is 11.7 Å². The summed E-state index contributed by atoms with van der Waals surface area (Å²) in [6.07, 6.45) is 1.52. The van der Waals surface area contributed by atoms with E-state index in [1.165, 1.54) is 0 Å². The monoisotopic (exact) mass is 235 g/mol. The minimum Gasteiger partial charge on any atom is -0.481 e. The molecule has 2 aromatic rings. The van der Waals surface area contributed by atoms with E-state index in [0.717, 1.165) is 5.69 Å². The second-order valence-corrected chi connectivity index (χ2v) is 3.64. The third-order valence-electron chi connectivity index (χ3n) is 2.21. The number of carboxylic acids is 1. The molecule has 0 aliphatic heterocycles. The van der Waals surface area contributed by atoms with Gasteiger partial charge in [0.25, 0.3) is 0 Å². The van der Waals surface area contributed by atoms with Crippen molar-refractivity contribution in [2.75, 3.05) is 6.61 Å². The molecule has 6 heteroatoms. The Bertz CT molecular complexity index is 562. The molecule has 0 aromatic carbocycles. The Morgan fingerprint density at radius 1 is 1.53 bits per heavy atom. The molecule has 2 aromatic heterocycles. The summed E-state index contributed by atoms with van der Waals surface area (Å²) in [5.74, 6) is 0.173. The number of aryl methyl sites for hydroxylation is 1. The summed E-state index contributed by atoms with van der Waals surface area (Å²) in [5.41, 5.74) is 1.25. The van der Waals surface area contributed by atoms with E-state index in [-0.39, 0.29) is 6.42 Å². The molecule has 0 aliphatic rings.